The lowest BCUT2D eigenvalue weighted by Gasteiger charge is -2.47. The van der Waals surface area contributed by atoms with Crippen molar-refractivity contribution in [3.8, 4) is 0 Å². The monoisotopic (exact) mass is 282 g/mol. The van der Waals surface area contributed by atoms with Crippen LogP contribution < -0.4 is 5.32 Å². The van der Waals surface area contributed by atoms with E-state index < -0.39 is 0 Å². The smallest absolute Gasteiger partial charge is 0.191 e. The summed E-state index contributed by atoms with van der Waals surface area (Å²) >= 11 is 0. The van der Waals surface area contributed by atoms with Crippen LogP contribution in [-0.2, 0) is 0 Å². The molecule has 0 bridgehead atoms. The van der Waals surface area contributed by atoms with Crippen molar-refractivity contribution in [3.63, 3.8) is 0 Å². The number of pyridine rings is 1. The number of fused-ring (bicyclic) bond motifs is 1. The topological polar surface area (TPSA) is 42.2 Å². The van der Waals surface area contributed by atoms with Crippen molar-refractivity contribution in [2.45, 2.75) is 36.4 Å². The number of hydrogen-bond acceptors (Lipinski definition) is 3. The molecule has 9 heteroatoms. The number of piperidine rings is 1. The highest BCUT2D eigenvalue weighted by Crippen LogP contribution is 2.37. The van der Waals surface area contributed by atoms with Crippen molar-refractivity contribution < 1.29 is 4.39 Å². The lowest BCUT2D eigenvalue weighted by molar-refractivity contribution is 0.344. The maximum Gasteiger partial charge on any atom is 0.191 e. The van der Waals surface area contributed by atoms with Gasteiger partial charge < -0.3 is 5.32 Å². The minimum Gasteiger partial charge on any atom is -0.336 e. The Labute approximate surface area is 127 Å². The first-order chi connectivity index (χ1) is 9.69. The summed E-state index contributed by atoms with van der Waals surface area (Å²) in [6, 6.07) is 0. The van der Waals surface area contributed by atoms with Crippen LogP contribution in [0, 0.1) is 12.7 Å². The molecule has 1 saturated heterocycles. The van der Waals surface area contributed by atoms with Crippen molar-refractivity contribution in [2.24, 2.45) is 0 Å². The summed E-state index contributed by atoms with van der Waals surface area (Å²) in [4.78, 5) is 3.99. The van der Waals surface area contributed by atoms with E-state index >= 15 is 0 Å². The first-order valence-electron chi connectivity index (χ1n) is 7.46. The van der Waals surface area contributed by atoms with E-state index in [2.05, 4.69) is 46.8 Å². The van der Waals surface area contributed by atoms with Crippen LogP contribution in [-0.4, -0.2) is 56.7 Å². The third-order valence-corrected chi connectivity index (χ3v) is 4.42. The van der Waals surface area contributed by atoms with Gasteiger partial charge >= 0.3 is 0 Å². The highest BCUT2D eigenvalue weighted by molar-refractivity contribution is 6.44. The van der Waals surface area contributed by atoms with Gasteiger partial charge in [0.2, 0.25) is 0 Å². The molecule has 0 aliphatic carbocycles. The lowest BCUT2D eigenvalue weighted by Crippen LogP contribution is -2.64. The second-order valence-electron chi connectivity index (χ2n) is 7.55. The van der Waals surface area contributed by atoms with E-state index in [0.29, 0.717) is 17.1 Å². The fourth-order valence-electron chi connectivity index (χ4n) is 3.98. The minimum atomic E-state index is -0.251. The SMILES string of the molecule is BC1(B)CC(c2cn3ncnc3c(F)c2C)CC(B)(B)N1. The number of halogens is 1. The highest BCUT2D eigenvalue weighted by Gasteiger charge is 2.38. The molecule has 1 N–H and O–H groups in total. The maximum atomic E-state index is 14.5. The second-order valence-corrected chi connectivity index (χ2v) is 7.55. The summed E-state index contributed by atoms with van der Waals surface area (Å²) in [5.41, 5.74) is 2.06. The molecule has 1 aliphatic rings. The van der Waals surface area contributed by atoms with Gasteiger partial charge in [-0.2, -0.15) is 5.10 Å². The van der Waals surface area contributed by atoms with Gasteiger partial charge in [-0.25, -0.2) is 13.9 Å². The zero-order valence-electron chi connectivity index (χ0n) is 13.4. The third-order valence-electron chi connectivity index (χ3n) is 4.42. The minimum absolute atomic E-state index is 0.0344. The van der Waals surface area contributed by atoms with Gasteiger partial charge in [-0.05, 0) is 47.5 Å². The molecule has 0 unspecified atom stereocenters. The van der Waals surface area contributed by atoms with E-state index in [1.54, 1.807) is 4.52 Å². The molecular formula is C12H19B4FN4. The van der Waals surface area contributed by atoms with Crippen molar-refractivity contribution in [2.75, 3.05) is 0 Å². The lowest BCUT2D eigenvalue weighted by atomic mass is 9.46. The summed E-state index contributed by atoms with van der Waals surface area (Å²) in [5, 5.41) is 7.84. The summed E-state index contributed by atoms with van der Waals surface area (Å²) in [7, 11) is 8.84. The van der Waals surface area contributed by atoms with Crippen molar-refractivity contribution in [1.29, 1.82) is 0 Å². The number of hydrogen-bond donors (Lipinski definition) is 1. The largest absolute Gasteiger partial charge is 0.336 e. The average Bonchev–Trinajstić information content (AvgIpc) is 2.78. The molecule has 2 aromatic heterocycles. The van der Waals surface area contributed by atoms with Crippen molar-refractivity contribution in [3.05, 3.63) is 29.5 Å². The van der Waals surface area contributed by atoms with Crippen molar-refractivity contribution in [1.82, 2.24) is 19.9 Å². The molecule has 0 atom stereocenters. The Bertz CT molecular complexity index is 684. The molecule has 0 spiro atoms. The second kappa shape index (κ2) is 4.63. The van der Waals surface area contributed by atoms with Gasteiger partial charge in [-0.15, -0.1) is 0 Å². The molecule has 2 aromatic rings. The molecule has 3 rings (SSSR count). The summed E-state index contributed by atoms with van der Waals surface area (Å²) in [6.45, 7) is 1.85. The number of aromatic nitrogens is 3. The van der Waals surface area contributed by atoms with Crippen LogP contribution in [0.5, 0.6) is 0 Å². The van der Waals surface area contributed by atoms with E-state index in [1.807, 2.05) is 13.1 Å². The van der Waals surface area contributed by atoms with Crippen LogP contribution in [0.25, 0.3) is 5.65 Å². The molecule has 0 amide bonds. The predicted molar refractivity (Wildman–Crippen MR) is 92.4 cm³/mol. The highest BCUT2D eigenvalue weighted by atomic mass is 19.1. The van der Waals surface area contributed by atoms with Crippen LogP contribution >= 0.6 is 0 Å². The molecular weight excluding hydrogens is 262 g/mol. The molecule has 0 aromatic carbocycles. The van der Waals surface area contributed by atoms with Gasteiger partial charge in [-0.3, -0.25) is 0 Å². The van der Waals surface area contributed by atoms with E-state index in [1.165, 1.54) is 6.33 Å². The first kappa shape index (κ1) is 14.7. The normalized spacial score (nSPS) is 21.6. The standard InChI is InChI=1S/C12H19B4FN4/c1-6-8(4-21-10(9(6)17)18-5-19-21)7-2-11(13,14)20-12(15,16)3-7/h4-5,7,20H,2-3,13-16H2,1H3. The van der Waals surface area contributed by atoms with Crippen molar-refractivity contribution >= 4 is 37.0 Å². The molecule has 0 radical (unpaired) electrons. The number of nitrogens with zero attached hydrogens (tertiary/aromatic N) is 3. The Morgan fingerprint density at radius 3 is 2.52 bits per heavy atom. The first-order valence-corrected chi connectivity index (χ1v) is 7.46. The summed E-state index contributed by atoms with van der Waals surface area (Å²) in [5.74, 6) is 0.0681. The molecule has 21 heavy (non-hydrogen) atoms. The van der Waals surface area contributed by atoms with Crippen LogP contribution in [0.2, 0.25) is 0 Å². The summed E-state index contributed by atoms with van der Waals surface area (Å²) in [6.07, 6.45) is 5.31. The fourth-order valence-corrected chi connectivity index (χ4v) is 3.98. The molecule has 0 saturated carbocycles. The Morgan fingerprint density at radius 1 is 1.29 bits per heavy atom. The van der Waals surface area contributed by atoms with Gasteiger partial charge in [0.25, 0.3) is 0 Å². The third kappa shape index (κ3) is 2.63. The zero-order chi connectivity index (χ0) is 15.4. The quantitative estimate of drug-likeness (QED) is 0.587. The van der Waals surface area contributed by atoms with Gasteiger partial charge in [0.05, 0.1) is 0 Å². The van der Waals surface area contributed by atoms with Gasteiger partial charge in [0.1, 0.15) is 37.7 Å². The van der Waals surface area contributed by atoms with E-state index in [0.717, 1.165) is 18.4 Å². The average molecular weight is 282 g/mol. The van der Waals surface area contributed by atoms with E-state index in [4.69, 9.17) is 0 Å². The van der Waals surface area contributed by atoms with Crippen LogP contribution in [0.3, 0.4) is 0 Å². The fraction of sp³-hybridized carbons (Fsp3) is 0.500. The number of rotatable bonds is 1. The summed E-state index contributed by atoms with van der Waals surface area (Å²) < 4.78 is 16.0. The van der Waals surface area contributed by atoms with Gasteiger partial charge in [0.15, 0.2) is 11.5 Å². The molecule has 3 heterocycles. The Balaban J connectivity index is 2.09. The maximum absolute atomic E-state index is 14.5. The van der Waals surface area contributed by atoms with Gasteiger partial charge in [-0.1, -0.05) is 0 Å². The van der Waals surface area contributed by atoms with Crippen LogP contribution in [0.1, 0.15) is 29.9 Å². The predicted octanol–water partition coefficient (Wildman–Crippen LogP) is -2.52. The van der Waals surface area contributed by atoms with Crippen LogP contribution in [0.4, 0.5) is 4.39 Å². The molecule has 1 aliphatic heterocycles. The molecule has 1 fully saturated rings. The zero-order valence-corrected chi connectivity index (χ0v) is 13.4. The van der Waals surface area contributed by atoms with E-state index in [-0.39, 0.29) is 16.5 Å². The van der Waals surface area contributed by atoms with E-state index in [9.17, 15) is 4.39 Å². The Hall–Kier alpha value is -1.23. The molecule has 4 nitrogen and oxygen atoms in total. The van der Waals surface area contributed by atoms with Crippen LogP contribution in [0.15, 0.2) is 12.5 Å². The Morgan fingerprint density at radius 2 is 1.90 bits per heavy atom. The molecule has 106 valence electrons. The Kier molecular flexibility index (Phi) is 3.24. The number of nitrogens with one attached hydrogen (secondary N) is 1. The van der Waals surface area contributed by atoms with Gasteiger partial charge in [0, 0.05) is 6.20 Å².